The largest absolute Gasteiger partial charge is 0.482 e. The van der Waals surface area contributed by atoms with Crippen molar-refractivity contribution in [3.05, 3.63) is 86.1 Å². The molecule has 9 heteroatoms. The first-order valence-electron chi connectivity index (χ1n) is 12.7. The zero-order valence-corrected chi connectivity index (χ0v) is 23.6. The summed E-state index contributed by atoms with van der Waals surface area (Å²) < 4.78 is 14.8. The molecule has 0 unspecified atom stereocenters. The highest BCUT2D eigenvalue weighted by atomic mass is 79.9. The Bertz CT molecular complexity index is 1540. The molecule has 4 aromatic rings. The number of aryl methyl sites for hydroxylation is 2. The van der Waals surface area contributed by atoms with Crippen LogP contribution in [0.3, 0.4) is 0 Å². The van der Waals surface area contributed by atoms with Crippen molar-refractivity contribution in [1.29, 1.82) is 0 Å². The minimum atomic E-state index is -0.399. The van der Waals surface area contributed by atoms with E-state index in [4.69, 9.17) is 14.5 Å². The molecule has 0 bridgehead atoms. The van der Waals surface area contributed by atoms with Crippen LogP contribution in [0.25, 0.3) is 16.6 Å². The third kappa shape index (κ3) is 6.05. The van der Waals surface area contributed by atoms with Crippen molar-refractivity contribution in [1.82, 2.24) is 14.2 Å². The number of hydrogen-bond acceptors (Lipinski definition) is 6. The lowest BCUT2D eigenvalue weighted by molar-refractivity contribution is -0.145. The minimum Gasteiger partial charge on any atom is -0.482 e. The summed E-state index contributed by atoms with van der Waals surface area (Å²) in [5, 5.41) is 5.13. The molecular formula is C29H31BrN4O4. The summed E-state index contributed by atoms with van der Waals surface area (Å²) in [6.07, 6.45) is 4.29. The van der Waals surface area contributed by atoms with E-state index < -0.39 is 5.97 Å². The number of ether oxygens (including phenoxy) is 2. The average Bonchev–Trinajstić information content (AvgIpc) is 3.19. The normalized spacial score (nSPS) is 11.4. The Hall–Kier alpha value is -3.72. The fourth-order valence-corrected chi connectivity index (χ4v) is 4.64. The first-order chi connectivity index (χ1) is 18.3. The van der Waals surface area contributed by atoms with Crippen LogP contribution in [0.1, 0.15) is 49.5 Å². The molecule has 0 aliphatic heterocycles. The van der Waals surface area contributed by atoms with Crippen molar-refractivity contribution >= 4 is 39.0 Å². The number of aromatic nitrogens is 3. The standard InChI is InChI=1S/C29H31BrN4O4/c1-5-7-8-27-32-26-14-9-22(30)16-25(26)29(36)34(27)31-17-21-15-19(3)33(20(21)4)23-10-12-24(13-11-23)38-18-28(35)37-6-2/h9-17H,5-8,18H2,1-4H3. The predicted molar refractivity (Wildman–Crippen MR) is 153 cm³/mol. The monoisotopic (exact) mass is 578 g/mol. The average molecular weight is 579 g/mol. The van der Waals surface area contributed by atoms with E-state index in [1.54, 1.807) is 19.2 Å². The van der Waals surface area contributed by atoms with Gasteiger partial charge in [-0.1, -0.05) is 29.3 Å². The molecule has 2 aromatic heterocycles. The van der Waals surface area contributed by atoms with Gasteiger partial charge in [0.15, 0.2) is 6.61 Å². The van der Waals surface area contributed by atoms with E-state index in [2.05, 4.69) is 32.5 Å². The molecule has 8 nitrogen and oxygen atoms in total. The van der Waals surface area contributed by atoms with Gasteiger partial charge in [0.05, 0.1) is 23.7 Å². The van der Waals surface area contributed by atoms with Gasteiger partial charge in [0.2, 0.25) is 0 Å². The maximum absolute atomic E-state index is 13.4. The van der Waals surface area contributed by atoms with Crippen LogP contribution in [0.4, 0.5) is 0 Å². The fraction of sp³-hybridized carbons (Fsp3) is 0.310. The molecule has 2 heterocycles. The van der Waals surface area contributed by atoms with Crippen LogP contribution in [0.2, 0.25) is 0 Å². The summed E-state index contributed by atoms with van der Waals surface area (Å²) in [7, 11) is 0. The van der Waals surface area contributed by atoms with Crippen molar-refractivity contribution in [2.75, 3.05) is 13.2 Å². The van der Waals surface area contributed by atoms with Crippen LogP contribution in [0.5, 0.6) is 5.75 Å². The molecule has 0 saturated carbocycles. The number of benzene rings is 2. The van der Waals surface area contributed by atoms with E-state index in [-0.39, 0.29) is 12.2 Å². The summed E-state index contributed by atoms with van der Waals surface area (Å²) in [4.78, 5) is 29.7. The molecule has 0 atom stereocenters. The van der Waals surface area contributed by atoms with Crippen molar-refractivity contribution in [3.63, 3.8) is 0 Å². The van der Waals surface area contributed by atoms with Crippen molar-refractivity contribution in [3.8, 4) is 11.4 Å². The Morgan fingerprint density at radius 1 is 1.11 bits per heavy atom. The Kier molecular flexibility index (Phi) is 8.78. The van der Waals surface area contributed by atoms with E-state index in [9.17, 15) is 9.59 Å². The van der Waals surface area contributed by atoms with Gasteiger partial charge in [0.1, 0.15) is 11.6 Å². The Labute approximate surface area is 230 Å². The highest BCUT2D eigenvalue weighted by Gasteiger charge is 2.13. The summed E-state index contributed by atoms with van der Waals surface area (Å²) in [5.74, 6) is 0.833. The lowest BCUT2D eigenvalue weighted by Gasteiger charge is -2.11. The molecule has 38 heavy (non-hydrogen) atoms. The smallest absolute Gasteiger partial charge is 0.344 e. The van der Waals surface area contributed by atoms with Gasteiger partial charge in [-0.25, -0.2) is 9.78 Å². The first-order valence-corrected chi connectivity index (χ1v) is 13.4. The van der Waals surface area contributed by atoms with Crippen molar-refractivity contribution in [2.24, 2.45) is 5.10 Å². The zero-order valence-electron chi connectivity index (χ0n) is 22.0. The van der Waals surface area contributed by atoms with Crippen LogP contribution in [0.15, 0.2) is 62.9 Å². The third-order valence-corrected chi connectivity index (χ3v) is 6.66. The molecule has 0 spiro atoms. The molecule has 0 radical (unpaired) electrons. The number of hydrogen-bond donors (Lipinski definition) is 0. The zero-order chi connectivity index (χ0) is 27.2. The molecule has 198 valence electrons. The second kappa shape index (κ2) is 12.2. The SMILES string of the molecule is CCCCc1nc2ccc(Br)cc2c(=O)n1N=Cc1cc(C)n(-c2ccc(OCC(=O)OCC)cc2)c1C. The van der Waals surface area contributed by atoms with Gasteiger partial charge < -0.3 is 14.0 Å². The van der Waals surface area contributed by atoms with Gasteiger partial charge >= 0.3 is 5.97 Å². The number of rotatable bonds is 10. The van der Waals surface area contributed by atoms with E-state index in [0.29, 0.717) is 35.5 Å². The second-order valence-corrected chi connectivity index (χ2v) is 9.82. The van der Waals surface area contributed by atoms with Gasteiger partial charge in [0, 0.05) is 33.5 Å². The van der Waals surface area contributed by atoms with Crippen LogP contribution in [-0.4, -0.2) is 39.6 Å². The van der Waals surface area contributed by atoms with E-state index in [0.717, 1.165) is 40.0 Å². The maximum atomic E-state index is 13.4. The molecule has 0 amide bonds. The number of carbonyl (C=O) groups is 1. The summed E-state index contributed by atoms with van der Waals surface area (Å²) >= 11 is 3.45. The fourth-order valence-electron chi connectivity index (χ4n) is 4.28. The molecule has 0 fully saturated rings. The van der Waals surface area contributed by atoms with Crippen molar-refractivity contribution < 1.29 is 14.3 Å². The lowest BCUT2D eigenvalue weighted by atomic mass is 10.2. The number of nitrogens with zero attached hydrogens (tertiary/aromatic N) is 4. The Balaban J connectivity index is 1.64. The number of fused-ring (bicyclic) bond motifs is 1. The van der Waals surface area contributed by atoms with Crippen LogP contribution in [0, 0.1) is 13.8 Å². The number of unbranched alkanes of at least 4 members (excludes halogenated alkanes) is 1. The summed E-state index contributed by atoms with van der Waals surface area (Å²) in [6.45, 7) is 8.09. The maximum Gasteiger partial charge on any atom is 0.344 e. The highest BCUT2D eigenvalue weighted by molar-refractivity contribution is 9.10. The number of carbonyl (C=O) groups excluding carboxylic acids is 1. The lowest BCUT2D eigenvalue weighted by Crippen LogP contribution is -2.22. The molecule has 4 rings (SSSR count). The highest BCUT2D eigenvalue weighted by Crippen LogP contribution is 2.23. The van der Waals surface area contributed by atoms with Crippen molar-refractivity contribution in [2.45, 2.75) is 47.0 Å². The van der Waals surface area contributed by atoms with Crippen LogP contribution in [-0.2, 0) is 16.0 Å². The Morgan fingerprint density at radius 2 is 1.87 bits per heavy atom. The molecule has 0 aliphatic carbocycles. The molecular weight excluding hydrogens is 548 g/mol. The van der Waals surface area contributed by atoms with E-state index in [1.165, 1.54) is 4.68 Å². The van der Waals surface area contributed by atoms with Gasteiger partial charge in [-0.3, -0.25) is 4.79 Å². The molecule has 2 aromatic carbocycles. The van der Waals surface area contributed by atoms with Crippen LogP contribution < -0.4 is 10.3 Å². The third-order valence-electron chi connectivity index (χ3n) is 6.17. The topological polar surface area (TPSA) is 87.7 Å². The quantitative estimate of drug-likeness (QED) is 0.177. The molecule has 0 saturated heterocycles. The summed E-state index contributed by atoms with van der Waals surface area (Å²) in [5.41, 5.74) is 4.32. The van der Waals surface area contributed by atoms with Crippen LogP contribution >= 0.6 is 15.9 Å². The van der Waals surface area contributed by atoms with Gasteiger partial charge in [0.25, 0.3) is 5.56 Å². The van der Waals surface area contributed by atoms with E-state index in [1.807, 2.05) is 56.3 Å². The minimum absolute atomic E-state index is 0.129. The van der Waals surface area contributed by atoms with Gasteiger partial charge in [-0.2, -0.15) is 9.78 Å². The second-order valence-electron chi connectivity index (χ2n) is 8.90. The molecule has 0 N–H and O–H groups in total. The first kappa shape index (κ1) is 27.3. The van der Waals surface area contributed by atoms with Gasteiger partial charge in [-0.15, -0.1) is 0 Å². The Morgan fingerprint density at radius 3 is 2.58 bits per heavy atom. The van der Waals surface area contributed by atoms with Gasteiger partial charge in [-0.05, 0) is 75.7 Å². The summed E-state index contributed by atoms with van der Waals surface area (Å²) in [6, 6.07) is 15.1. The number of halogens is 1. The predicted octanol–water partition coefficient (Wildman–Crippen LogP) is 5.73. The number of esters is 1. The van der Waals surface area contributed by atoms with E-state index >= 15 is 0 Å². The molecule has 0 aliphatic rings.